The van der Waals surface area contributed by atoms with Crippen molar-refractivity contribution in [2.24, 2.45) is 0 Å². The van der Waals surface area contributed by atoms with Crippen LogP contribution in [-0.4, -0.2) is 19.0 Å². The van der Waals surface area contributed by atoms with Gasteiger partial charge in [0.05, 0.1) is 0 Å². The number of benzene rings is 1. The van der Waals surface area contributed by atoms with Crippen LogP contribution in [0.4, 0.5) is 5.69 Å². The predicted molar refractivity (Wildman–Crippen MR) is 63.6 cm³/mol. The molecule has 1 aromatic rings. The molecule has 2 aliphatic rings. The summed E-state index contributed by atoms with van der Waals surface area (Å²) in [5, 5.41) is 6.35. The van der Waals surface area contributed by atoms with Crippen LogP contribution in [0, 0.1) is 0 Å². The quantitative estimate of drug-likeness (QED) is 0.749. The normalized spacial score (nSPS) is 23.5. The fraction of sp³-hybridized carbons (Fsp3) is 0.462. The standard InChI is InChI=1S/C13H16N2O/c16-13-7-9(8-15-13)10-3-1-5-12-11(10)4-2-6-14-12/h1,3,5,9,14H,2,4,6-8H2,(H,15,16). The highest BCUT2D eigenvalue weighted by Gasteiger charge is 2.26. The number of hydrogen-bond acceptors (Lipinski definition) is 2. The summed E-state index contributed by atoms with van der Waals surface area (Å²) in [7, 11) is 0. The van der Waals surface area contributed by atoms with Crippen molar-refractivity contribution in [3.8, 4) is 0 Å². The van der Waals surface area contributed by atoms with Gasteiger partial charge >= 0.3 is 0 Å². The molecular weight excluding hydrogens is 200 g/mol. The minimum Gasteiger partial charge on any atom is -0.385 e. The van der Waals surface area contributed by atoms with Crippen molar-refractivity contribution in [2.75, 3.05) is 18.4 Å². The number of carbonyl (C=O) groups excluding carboxylic acids is 1. The zero-order chi connectivity index (χ0) is 11.0. The Bertz CT molecular complexity index is 428. The number of rotatable bonds is 1. The van der Waals surface area contributed by atoms with Gasteiger partial charge in [-0.05, 0) is 30.0 Å². The molecule has 0 bridgehead atoms. The van der Waals surface area contributed by atoms with Crippen LogP contribution in [0.1, 0.15) is 29.9 Å². The maximum Gasteiger partial charge on any atom is 0.220 e. The fourth-order valence-electron chi connectivity index (χ4n) is 2.75. The van der Waals surface area contributed by atoms with Gasteiger partial charge in [0, 0.05) is 31.1 Å². The SMILES string of the molecule is O=C1CC(c2cccc3c2CCCN3)CN1. The summed E-state index contributed by atoms with van der Waals surface area (Å²) in [6.07, 6.45) is 2.98. The second-order valence-corrected chi connectivity index (χ2v) is 4.61. The van der Waals surface area contributed by atoms with Gasteiger partial charge in [0.1, 0.15) is 0 Å². The molecule has 3 heteroatoms. The van der Waals surface area contributed by atoms with Crippen LogP contribution in [-0.2, 0) is 11.2 Å². The Morgan fingerprint density at radius 3 is 3.00 bits per heavy atom. The summed E-state index contributed by atoms with van der Waals surface area (Å²) >= 11 is 0. The molecule has 3 rings (SSSR count). The number of hydrogen-bond donors (Lipinski definition) is 2. The van der Waals surface area contributed by atoms with Crippen LogP contribution in [0.3, 0.4) is 0 Å². The Morgan fingerprint density at radius 2 is 2.19 bits per heavy atom. The van der Waals surface area contributed by atoms with Gasteiger partial charge in [-0.25, -0.2) is 0 Å². The molecule has 2 heterocycles. The first-order chi connectivity index (χ1) is 7.84. The monoisotopic (exact) mass is 216 g/mol. The highest BCUT2D eigenvalue weighted by Crippen LogP contribution is 2.32. The molecule has 84 valence electrons. The van der Waals surface area contributed by atoms with E-state index in [1.807, 2.05) is 0 Å². The topological polar surface area (TPSA) is 41.1 Å². The molecule has 1 fully saturated rings. The number of anilines is 1. The van der Waals surface area contributed by atoms with Crippen molar-refractivity contribution >= 4 is 11.6 Å². The van der Waals surface area contributed by atoms with E-state index < -0.39 is 0 Å². The van der Waals surface area contributed by atoms with Gasteiger partial charge in [-0.2, -0.15) is 0 Å². The summed E-state index contributed by atoms with van der Waals surface area (Å²) in [6.45, 7) is 1.87. The average Bonchev–Trinajstić information content (AvgIpc) is 2.75. The van der Waals surface area contributed by atoms with E-state index in [1.165, 1.54) is 23.2 Å². The van der Waals surface area contributed by atoms with Gasteiger partial charge in [-0.15, -0.1) is 0 Å². The Kier molecular flexibility index (Phi) is 2.31. The number of amides is 1. The zero-order valence-corrected chi connectivity index (χ0v) is 9.25. The third kappa shape index (κ3) is 1.56. The van der Waals surface area contributed by atoms with Crippen molar-refractivity contribution in [3.63, 3.8) is 0 Å². The highest BCUT2D eigenvalue weighted by molar-refractivity contribution is 5.79. The molecule has 0 aromatic heterocycles. The van der Waals surface area contributed by atoms with E-state index in [9.17, 15) is 4.79 Å². The van der Waals surface area contributed by atoms with Gasteiger partial charge in [-0.1, -0.05) is 12.1 Å². The van der Waals surface area contributed by atoms with E-state index >= 15 is 0 Å². The first-order valence-corrected chi connectivity index (χ1v) is 5.97. The lowest BCUT2D eigenvalue weighted by molar-refractivity contribution is -0.119. The second-order valence-electron chi connectivity index (χ2n) is 4.61. The Morgan fingerprint density at radius 1 is 1.25 bits per heavy atom. The first kappa shape index (κ1) is 9.70. The van der Waals surface area contributed by atoms with Crippen molar-refractivity contribution in [1.29, 1.82) is 0 Å². The molecule has 0 aliphatic carbocycles. The molecule has 1 aromatic carbocycles. The number of fused-ring (bicyclic) bond motifs is 1. The summed E-state index contributed by atoms with van der Waals surface area (Å²) in [5.41, 5.74) is 4.06. The lowest BCUT2D eigenvalue weighted by atomic mass is 9.89. The largest absolute Gasteiger partial charge is 0.385 e. The minimum absolute atomic E-state index is 0.186. The summed E-state index contributed by atoms with van der Waals surface area (Å²) in [6, 6.07) is 6.41. The van der Waals surface area contributed by atoms with E-state index in [4.69, 9.17) is 0 Å². The van der Waals surface area contributed by atoms with Crippen molar-refractivity contribution in [2.45, 2.75) is 25.2 Å². The average molecular weight is 216 g/mol. The fourth-order valence-corrected chi connectivity index (χ4v) is 2.75. The van der Waals surface area contributed by atoms with Crippen LogP contribution in [0.15, 0.2) is 18.2 Å². The van der Waals surface area contributed by atoms with E-state index in [1.54, 1.807) is 0 Å². The van der Waals surface area contributed by atoms with Crippen molar-refractivity contribution in [1.82, 2.24) is 5.32 Å². The van der Waals surface area contributed by atoms with Crippen molar-refractivity contribution < 1.29 is 4.79 Å². The lowest BCUT2D eigenvalue weighted by Gasteiger charge is -2.23. The van der Waals surface area contributed by atoms with E-state index in [-0.39, 0.29) is 5.91 Å². The van der Waals surface area contributed by atoms with Crippen LogP contribution >= 0.6 is 0 Å². The molecule has 1 amide bonds. The summed E-state index contributed by atoms with van der Waals surface area (Å²) < 4.78 is 0. The number of carbonyl (C=O) groups is 1. The molecule has 1 atom stereocenters. The van der Waals surface area contributed by atoms with Gasteiger partial charge in [0.25, 0.3) is 0 Å². The zero-order valence-electron chi connectivity index (χ0n) is 9.25. The van der Waals surface area contributed by atoms with E-state index in [0.717, 1.165) is 19.5 Å². The van der Waals surface area contributed by atoms with Gasteiger partial charge in [0.15, 0.2) is 0 Å². The van der Waals surface area contributed by atoms with Crippen LogP contribution in [0.2, 0.25) is 0 Å². The molecular formula is C13H16N2O. The lowest BCUT2D eigenvalue weighted by Crippen LogP contribution is -2.16. The summed E-state index contributed by atoms with van der Waals surface area (Å²) in [5.74, 6) is 0.564. The first-order valence-electron chi connectivity index (χ1n) is 5.97. The van der Waals surface area contributed by atoms with Crippen LogP contribution < -0.4 is 10.6 Å². The molecule has 1 saturated heterocycles. The van der Waals surface area contributed by atoms with Crippen molar-refractivity contribution in [3.05, 3.63) is 29.3 Å². The third-order valence-electron chi connectivity index (χ3n) is 3.55. The summed E-state index contributed by atoms with van der Waals surface area (Å²) in [4.78, 5) is 11.3. The third-order valence-corrected chi connectivity index (χ3v) is 3.55. The smallest absolute Gasteiger partial charge is 0.220 e. The maximum atomic E-state index is 11.3. The molecule has 1 unspecified atom stereocenters. The van der Waals surface area contributed by atoms with Crippen LogP contribution in [0.25, 0.3) is 0 Å². The van der Waals surface area contributed by atoms with E-state index in [2.05, 4.69) is 28.8 Å². The Labute approximate surface area is 95.2 Å². The molecule has 2 N–H and O–H groups in total. The van der Waals surface area contributed by atoms with Gasteiger partial charge in [0.2, 0.25) is 5.91 Å². The highest BCUT2D eigenvalue weighted by atomic mass is 16.1. The second kappa shape index (κ2) is 3.81. The Hall–Kier alpha value is -1.51. The minimum atomic E-state index is 0.186. The van der Waals surface area contributed by atoms with Crippen LogP contribution in [0.5, 0.6) is 0 Å². The molecule has 0 saturated carbocycles. The molecule has 0 spiro atoms. The molecule has 16 heavy (non-hydrogen) atoms. The maximum absolute atomic E-state index is 11.3. The molecule has 2 aliphatic heterocycles. The molecule has 0 radical (unpaired) electrons. The predicted octanol–water partition coefficient (Wildman–Crippen LogP) is 1.65. The Balaban J connectivity index is 1.97. The number of nitrogens with one attached hydrogen (secondary N) is 2. The van der Waals surface area contributed by atoms with E-state index in [0.29, 0.717) is 12.3 Å². The van der Waals surface area contributed by atoms with Gasteiger partial charge in [-0.3, -0.25) is 4.79 Å². The van der Waals surface area contributed by atoms with Gasteiger partial charge < -0.3 is 10.6 Å². The molecule has 3 nitrogen and oxygen atoms in total.